The van der Waals surface area contributed by atoms with Crippen LogP contribution in [0.3, 0.4) is 0 Å². The molecule has 0 spiro atoms. The highest BCUT2D eigenvalue weighted by molar-refractivity contribution is 5.69. The van der Waals surface area contributed by atoms with Gasteiger partial charge in [0.15, 0.2) is 0 Å². The molecule has 1 aromatic rings. The predicted octanol–water partition coefficient (Wildman–Crippen LogP) is -0.887. The molecule has 2 atom stereocenters. The molecule has 1 aromatic heterocycles. The number of ether oxygens (including phenoxy) is 1. The van der Waals surface area contributed by atoms with Crippen LogP contribution in [0.5, 0.6) is 0 Å². The normalized spacial score (nSPS) is 14.0. The summed E-state index contributed by atoms with van der Waals surface area (Å²) >= 11 is 0. The van der Waals surface area contributed by atoms with E-state index in [0.717, 1.165) is 0 Å². The molecule has 0 bridgehead atoms. The molecule has 0 saturated heterocycles. The zero-order chi connectivity index (χ0) is 13.7. The second kappa shape index (κ2) is 6.29. The van der Waals surface area contributed by atoms with Gasteiger partial charge in [-0.15, -0.1) is 0 Å². The van der Waals surface area contributed by atoms with Crippen molar-refractivity contribution in [3.05, 3.63) is 23.4 Å². The Morgan fingerprint density at radius 1 is 1.56 bits per heavy atom. The Balaban J connectivity index is 2.83. The van der Waals surface area contributed by atoms with E-state index in [2.05, 4.69) is 9.72 Å². The van der Waals surface area contributed by atoms with E-state index in [1.807, 2.05) is 0 Å². The molecule has 7 nitrogen and oxygen atoms in total. The van der Waals surface area contributed by atoms with Crippen LogP contribution in [0.15, 0.2) is 12.3 Å². The van der Waals surface area contributed by atoms with Gasteiger partial charge in [0.1, 0.15) is 11.9 Å². The number of pyridine rings is 1. The number of carbonyl (C=O) groups excluding carboxylic acids is 1. The fraction of sp³-hybridized carbons (Fsp3) is 0.455. The summed E-state index contributed by atoms with van der Waals surface area (Å²) in [5, 5.41) is 28.5. The molecule has 100 valence electrons. The largest absolute Gasteiger partial charge is 0.469 e. The van der Waals surface area contributed by atoms with E-state index in [1.54, 1.807) is 0 Å². The van der Waals surface area contributed by atoms with Gasteiger partial charge in [-0.2, -0.15) is 0 Å². The number of nitrogens with two attached hydrogens (primary N) is 1. The van der Waals surface area contributed by atoms with Crippen molar-refractivity contribution in [3.8, 4) is 0 Å². The Kier molecular flexibility index (Phi) is 5.02. The zero-order valence-corrected chi connectivity index (χ0v) is 9.91. The van der Waals surface area contributed by atoms with E-state index < -0.39 is 18.2 Å². The summed E-state index contributed by atoms with van der Waals surface area (Å²) < 4.78 is 4.39. The molecule has 0 fully saturated rings. The van der Waals surface area contributed by atoms with E-state index in [4.69, 9.17) is 10.8 Å². The second-order valence-electron chi connectivity index (χ2n) is 3.76. The molecule has 7 heteroatoms. The highest BCUT2D eigenvalue weighted by Crippen LogP contribution is 2.21. The van der Waals surface area contributed by atoms with E-state index >= 15 is 0 Å². The third kappa shape index (κ3) is 3.39. The average molecular weight is 256 g/mol. The molecule has 0 amide bonds. The number of aromatic nitrogens is 1. The lowest BCUT2D eigenvalue weighted by Crippen LogP contribution is -2.23. The fourth-order valence-corrected chi connectivity index (χ4v) is 1.42. The SMILES string of the molecule is COC(=O)CC(O)C(O)c1cnc(N)c(CO)c1. The average Bonchev–Trinajstić information content (AvgIpc) is 2.38. The number of rotatable bonds is 5. The van der Waals surface area contributed by atoms with E-state index in [-0.39, 0.29) is 24.4 Å². The lowest BCUT2D eigenvalue weighted by molar-refractivity contribution is -0.144. The summed E-state index contributed by atoms with van der Waals surface area (Å²) in [5.74, 6) is -0.483. The number of anilines is 1. The Labute approximate surface area is 104 Å². The van der Waals surface area contributed by atoms with E-state index in [1.165, 1.54) is 19.4 Å². The van der Waals surface area contributed by atoms with Gasteiger partial charge >= 0.3 is 5.97 Å². The van der Waals surface area contributed by atoms with Crippen LogP contribution in [0.4, 0.5) is 5.82 Å². The van der Waals surface area contributed by atoms with Gasteiger partial charge in [-0.3, -0.25) is 4.79 Å². The van der Waals surface area contributed by atoms with Gasteiger partial charge in [0.2, 0.25) is 0 Å². The molecule has 0 aromatic carbocycles. The van der Waals surface area contributed by atoms with Crippen LogP contribution in [0.2, 0.25) is 0 Å². The van der Waals surface area contributed by atoms with Crippen LogP contribution in [0.1, 0.15) is 23.7 Å². The Bertz CT molecular complexity index is 424. The Morgan fingerprint density at radius 2 is 2.22 bits per heavy atom. The second-order valence-corrected chi connectivity index (χ2v) is 3.76. The summed E-state index contributed by atoms with van der Waals surface area (Å²) in [6.07, 6.45) is -1.67. The number of aliphatic hydroxyl groups is 3. The first-order valence-electron chi connectivity index (χ1n) is 5.27. The van der Waals surface area contributed by atoms with Crippen LogP contribution in [0.25, 0.3) is 0 Å². The maximum Gasteiger partial charge on any atom is 0.308 e. The lowest BCUT2D eigenvalue weighted by Gasteiger charge is -2.17. The molecule has 2 unspecified atom stereocenters. The van der Waals surface area contributed by atoms with Gasteiger partial charge < -0.3 is 25.8 Å². The van der Waals surface area contributed by atoms with Crippen LogP contribution in [-0.2, 0) is 16.1 Å². The van der Waals surface area contributed by atoms with E-state index in [9.17, 15) is 15.0 Å². The fourth-order valence-electron chi connectivity index (χ4n) is 1.42. The summed E-state index contributed by atoms with van der Waals surface area (Å²) in [5.41, 5.74) is 6.10. The van der Waals surface area contributed by atoms with Crippen molar-refractivity contribution in [3.63, 3.8) is 0 Å². The van der Waals surface area contributed by atoms with Crippen LogP contribution >= 0.6 is 0 Å². The van der Waals surface area contributed by atoms with Gasteiger partial charge in [0.25, 0.3) is 0 Å². The summed E-state index contributed by atoms with van der Waals surface area (Å²) in [7, 11) is 1.19. The summed E-state index contributed by atoms with van der Waals surface area (Å²) in [6.45, 7) is -0.327. The van der Waals surface area contributed by atoms with Gasteiger partial charge in [-0.05, 0) is 6.07 Å². The summed E-state index contributed by atoms with van der Waals surface area (Å²) in [6, 6.07) is 1.42. The Morgan fingerprint density at radius 3 is 2.78 bits per heavy atom. The zero-order valence-electron chi connectivity index (χ0n) is 9.91. The van der Waals surface area contributed by atoms with Crippen molar-refractivity contribution in [1.82, 2.24) is 4.98 Å². The first-order chi connectivity index (χ1) is 8.49. The molecule has 0 radical (unpaired) electrons. The third-order valence-electron chi connectivity index (χ3n) is 2.50. The number of nitrogens with zero attached hydrogens (tertiary/aromatic N) is 1. The molecule has 5 N–H and O–H groups in total. The van der Waals surface area contributed by atoms with E-state index in [0.29, 0.717) is 5.56 Å². The number of hydrogen-bond donors (Lipinski definition) is 4. The minimum Gasteiger partial charge on any atom is -0.469 e. The van der Waals surface area contributed by atoms with Crippen molar-refractivity contribution >= 4 is 11.8 Å². The highest BCUT2D eigenvalue weighted by Gasteiger charge is 2.22. The minimum absolute atomic E-state index is 0.149. The Hall–Kier alpha value is -1.70. The molecule has 0 saturated carbocycles. The summed E-state index contributed by atoms with van der Waals surface area (Å²) in [4.78, 5) is 14.7. The quantitative estimate of drug-likeness (QED) is 0.503. The van der Waals surface area contributed by atoms with Crippen molar-refractivity contribution in [2.45, 2.75) is 25.2 Å². The molecular weight excluding hydrogens is 240 g/mol. The first kappa shape index (κ1) is 14.4. The standard InChI is InChI=1S/C11H16N2O5/c1-18-9(16)3-8(15)10(17)6-2-7(5-14)11(12)13-4-6/h2,4,8,10,14-15,17H,3,5H2,1H3,(H2,12,13). The number of carbonyl (C=O) groups is 1. The number of aliphatic hydroxyl groups excluding tert-OH is 3. The van der Waals surface area contributed by atoms with Gasteiger partial charge in [-0.25, -0.2) is 4.98 Å². The van der Waals surface area contributed by atoms with Crippen molar-refractivity contribution in [1.29, 1.82) is 0 Å². The van der Waals surface area contributed by atoms with Gasteiger partial charge in [0.05, 0.1) is 26.2 Å². The monoisotopic (exact) mass is 256 g/mol. The molecule has 0 aliphatic carbocycles. The maximum absolute atomic E-state index is 11.0. The highest BCUT2D eigenvalue weighted by atomic mass is 16.5. The minimum atomic E-state index is -1.31. The molecule has 1 rings (SSSR count). The third-order valence-corrected chi connectivity index (χ3v) is 2.50. The first-order valence-corrected chi connectivity index (χ1v) is 5.27. The van der Waals surface area contributed by atoms with Crippen LogP contribution in [0, 0.1) is 0 Å². The van der Waals surface area contributed by atoms with Gasteiger partial charge in [0, 0.05) is 17.3 Å². The molecular formula is C11H16N2O5. The molecule has 1 heterocycles. The number of nitrogen functional groups attached to an aromatic ring is 1. The number of methoxy groups -OCH3 is 1. The predicted molar refractivity (Wildman–Crippen MR) is 62.2 cm³/mol. The van der Waals surface area contributed by atoms with Crippen LogP contribution < -0.4 is 5.73 Å². The lowest BCUT2D eigenvalue weighted by atomic mass is 10.0. The smallest absolute Gasteiger partial charge is 0.308 e. The topological polar surface area (TPSA) is 126 Å². The molecule has 0 aliphatic heterocycles. The molecule has 18 heavy (non-hydrogen) atoms. The van der Waals surface area contributed by atoms with Crippen molar-refractivity contribution in [2.75, 3.05) is 12.8 Å². The van der Waals surface area contributed by atoms with Crippen molar-refractivity contribution in [2.24, 2.45) is 0 Å². The van der Waals surface area contributed by atoms with Crippen LogP contribution in [-0.4, -0.2) is 39.5 Å². The molecule has 0 aliphatic rings. The maximum atomic E-state index is 11.0. The van der Waals surface area contributed by atoms with Crippen molar-refractivity contribution < 1.29 is 24.9 Å². The van der Waals surface area contributed by atoms with Gasteiger partial charge in [-0.1, -0.05) is 0 Å². The number of esters is 1. The number of hydrogen-bond acceptors (Lipinski definition) is 7.